The Kier molecular flexibility index (Phi) is 15.8. The molecule has 0 bridgehead atoms. The number of fused-ring (bicyclic) bond motifs is 1. The van der Waals surface area contributed by atoms with E-state index in [1.165, 1.54) is 30.3 Å². The van der Waals surface area contributed by atoms with Crippen LogP contribution >= 0.6 is 0 Å². The number of aliphatic hydroxyl groups is 1. The van der Waals surface area contributed by atoms with E-state index in [4.69, 9.17) is 19.3 Å². The lowest BCUT2D eigenvalue weighted by molar-refractivity contribution is -0.190. The molecular formula is C40H49F3N2O9. The number of carbonyl (C=O) groups excluding carboxylic acids is 4. The van der Waals surface area contributed by atoms with Gasteiger partial charge in [0.1, 0.15) is 18.3 Å². The average Bonchev–Trinajstić information content (AvgIpc) is 3.53. The van der Waals surface area contributed by atoms with Crippen LogP contribution < -0.4 is 10.6 Å². The van der Waals surface area contributed by atoms with E-state index < -0.39 is 54.7 Å². The molecule has 3 atom stereocenters. The van der Waals surface area contributed by atoms with Gasteiger partial charge in [-0.25, -0.2) is 9.59 Å². The van der Waals surface area contributed by atoms with Crippen LogP contribution in [0.25, 0.3) is 6.08 Å². The number of rotatable bonds is 19. The van der Waals surface area contributed by atoms with Crippen molar-refractivity contribution < 1.29 is 56.4 Å². The molecule has 14 heteroatoms. The zero-order valence-electron chi connectivity index (χ0n) is 30.6. The Balaban J connectivity index is 1.50. The predicted octanol–water partition coefficient (Wildman–Crippen LogP) is 6.34. The van der Waals surface area contributed by atoms with Gasteiger partial charge in [-0.3, -0.25) is 9.59 Å². The number of aliphatic hydroxyl groups excluding tert-OH is 1. The molecule has 2 aromatic rings. The highest BCUT2D eigenvalue weighted by Crippen LogP contribution is 2.43. The molecule has 294 valence electrons. The van der Waals surface area contributed by atoms with Gasteiger partial charge in [0.25, 0.3) is 5.91 Å². The highest BCUT2D eigenvalue weighted by molar-refractivity contribution is 5.95. The summed E-state index contributed by atoms with van der Waals surface area (Å²) in [6, 6.07) is 12.7. The Hall–Kier alpha value is -4.53. The minimum atomic E-state index is -4.64. The first-order chi connectivity index (χ1) is 25.8. The molecule has 0 radical (unpaired) electrons. The summed E-state index contributed by atoms with van der Waals surface area (Å²) in [5.74, 6) is -3.50. The SMILES string of the molecule is CCCCCC1(CCCCC)O[C@@H]2[C@@H](C=C(C(=O)NCc3cccc(C(=O)NCCO)c3)C[C@H]2OC(=O)c2ccc(C=CC(=O)OCC(F)(F)F)cc2)O1. The highest BCUT2D eigenvalue weighted by Gasteiger charge is 2.52. The summed E-state index contributed by atoms with van der Waals surface area (Å²) < 4.78 is 60.5. The van der Waals surface area contributed by atoms with E-state index in [2.05, 4.69) is 29.2 Å². The first-order valence-corrected chi connectivity index (χ1v) is 18.4. The Morgan fingerprint density at radius 2 is 1.63 bits per heavy atom. The minimum Gasteiger partial charge on any atom is -0.456 e. The lowest BCUT2D eigenvalue weighted by Crippen LogP contribution is -2.43. The predicted molar refractivity (Wildman–Crippen MR) is 193 cm³/mol. The normalized spacial score (nSPS) is 19.1. The maximum atomic E-state index is 13.6. The molecule has 2 amide bonds. The van der Waals surface area contributed by atoms with Crippen molar-refractivity contribution >= 4 is 29.8 Å². The second kappa shape index (κ2) is 20.2. The maximum Gasteiger partial charge on any atom is 0.422 e. The van der Waals surface area contributed by atoms with Crippen LogP contribution in [0.4, 0.5) is 13.2 Å². The molecule has 54 heavy (non-hydrogen) atoms. The molecule has 0 unspecified atom stereocenters. The van der Waals surface area contributed by atoms with E-state index in [9.17, 15) is 32.3 Å². The van der Waals surface area contributed by atoms with Crippen LogP contribution in [0.3, 0.4) is 0 Å². The van der Waals surface area contributed by atoms with Crippen molar-refractivity contribution in [2.45, 2.75) is 108 Å². The van der Waals surface area contributed by atoms with Gasteiger partial charge in [-0.15, -0.1) is 0 Å². The van der Waals surface area contributed by atoms with Crippen LogP contribution in [0.5, 0.6) is 0 Å². The summed E-state index contributed by atoms with van der Waals surface area (Å²) in [5, 5.41) is 14.5. The molecule has 2 aromatic carbocycles. The van der Waals surface area contributed by atoms with Crippen molar-refractivity contribution in [3.05, 3.63) is 88.5 Å². The summed E-state index contributed by atoms with van der Waals surface area (Å²) >= 11 is 0. The molecular weight excluding hydrogens is 709 g/mol. The Bertz CT molecular complexity index is 1630. The molecule has 0 saturated carbocycles. The van der Waals surface area contributed by atoms with Gasteiger partial charge in [-0.2, -0.15) is 13.2 Å². The largest absolute Gasteiger partial charge is 0.456 e. The van der Waals surface area contributed by atoms with E-state index in [1.807, 2.05) is 0 Å². The molecule has 1 saturated heterocycles. The summed E-state index contributed by atoms with van der Waals surface area (Å²) in [5.41, 5.74) is 2.02. The van der Waals surface area contributed by atoms with E-state index in [0.29, 0.717) is 35.1 Å². The summed E-state index contributed by atoms with van der Waals surface area (Å²) in [6.45, 7) is 2.57. The average molecular weight is 759 g/mol. The number of hydrogen-bond donors (Lipinski definition) is 3. The van der Waals surface area contributed by atoms with Crippen molar-refractivity contribution in [1.82, 2.24) is 10.6 Å². The first kappa shape index (κ1) is 42.2. The third-order valence-electron chi connectivity index (χ3n) is 9.03. The zero-order chi connectivity index (χ0) is 39.1. The molecule has 4 rings (SSSR count). The van der Waals surface area contributed by atoms with Crippen LogP contribution in [-0.4, -0.2) is 78.9 Å². The van der Waals surface area contributed by atoms with Crippen LogP contribution in [0.1, 0.15) is 103 Å². The zero-order valence-corrected chi connectivity index (χ0v) is 30.6. The number of esters is 2. The van der Waals surface area contributed by atoms with Crippen LogP contribution in [0.15, 0.2) is 66.3 Å². The Labute approximate surface area is 313 Å². The van der Waals surface area contributed by atoms with Gasteiger partial charge >= 0.3 is 18.1 Å². The molecule has 0 aromatic heterocycles. The number of alkyl halides is 3. The molecule has 1 fully saturated rings. The standard InChI is InChI=1S/C40H49F3N2O9/c1-3-5-7-18-39(19-8-6-4-2)53-33-24-31(37(49)45-25-28-10-9-11-30(22-28)36(48)44-20-21-46)23-32(35(33)54-39)52-38(50)29-15-12-27(13-16-29)14-17-34(47)51-26-40(41,42)43/h9-17,22,24,32-33,35,46H,3-8,18-21,23,25-26H2,1-2H3,(H,44,48)(H,45,49)/t32-,33-,35+/m1/s1. The number of carbonyl (C=O) groups is 4. The van der Waals surface area contributed by atoms with Crippen LogP contribution in [-0.2, 0) is 35.1 Å². The first-order valence-electron chi connectivity index (χ1n) is 18.4. The second-order valence-corrected chi connectivity index (χ2v) is 13.4. The van der Waals surface area contributed by atoms with Crippen molar-refractivity contribution in [2.75, 3.05) is 19.8 Å². The number of nitrogens with one attached hydrogen (secondary N) is 2. The number of halogens is 3. The minimum absolute atomic E-state index is 0.0482. The quantitative estimate of drug-likeness (QED) is 0.0848. The molecule has 1 aliphatic heterocycles. The summed E-state index contributed by atoms with van der Waals surface area (Å²) in [7, 11) is 0. The van der Waals surface area contributed by atoms with E-state index in [-0.39, 0.29) is 37.6 Å². The van der Waals surface area contributed by atoms with E-state index in [1.54, 1.807) is 30.3 Å². The maximum absolute atomic E-state index is 13.6. The van der Waals surface area contributed by atoms with Gasteiger partial charge in [0.15, 0.2) is 12.4 Å². The summed E-state index contributed by atoms with van der Waals surface area (Å²) in [6.07, 6.45) is 4.10. The smallest absolute Gasteiger partial charge is 0.422 e. The highest BCUT2D eigenvalue weighted by atomic mass is 19.4. The summed E-state index contributed by atoms with van der Waals surface area (Å²) in [4.78, 5) is 51.1. The fraction of sp³-hybridized carbons (Fsp3) is 0.500. The Morgan fingerprint density at radius 1 is 0.926 bits per heavy atom. The third kappa shape index (κ3) is 12.8. The fourth-order valence-electron chi connectivity index (χ4n) is 6.29. The second-order valence-electron chi connectivity index (χ2n) is 13.4. The van der Waals surface area contributed by atoms with Gasteiger partial charge in [-0.05, 0) is 60.4 Å². The molecule has 1 heterocycles. The molecule has 0 spiro atoms. The topological polar surface area (TPSA) is 149 Å². The van der Waals surface area contributed by atoms with Crippen LogP contribution in [0, 0.1) is 0 Å². The monoisotopic (exact) mass is 758 g/mol. The third-order valence-corrected chi connectivity index (χ3v) is 9.03. The molecule has 2 aliphatic rings. The number of ether oxygens (including phenoxy) is 4. The van der Waals surface area contributed by atoms with E-state index in [0.717, 1.165) is 44.6 Å². The number of amides is 2. The number of unbranched alkanes of at least 4 members (excludes halogenated alkanes) is 4. The lowest BCUT2D eigenvalue weighted by Gasteiger charge is -2.31. The van der Waals surface area contributed by atoms with Gasteiger partial charge in [0, 0.05) is 49.6 Å². The lowest BCUT2D eigenvalue weighted by atomic mass is 9.91. The van der Waals surface area contributed by atoms with Gasteiger partial charge < -0.3 is 34.7 Å². The van der Waals surface area contributed by atoms with Crippen LogP contribution in [0.2, 0.25) is 0 Å². The van der Waals surface area contributed by atoms with Gasteiger partial charge in [0.2, 0.25) is 5.91 Å². The van der Waals surface area contributed by atoms with Crippen molar-refractivity contribution in [2.24, 2.45) is 0 Å². The van der Waals surface area contributed by atoms with Crippen molar-refractivity contribution in [3.8, 4) is 0 Å². The number of hydrogen-bond acceptors (Lipinski definition) is 9. The molecule has 1 aliphatic carbocycles. The van der Waals surface area contributed by atoms with Crippen molar-refractivity contribution in [1.29, 1.82) is 0 Å². The Morgan fingerprint density at radius 3 is 2.28 bits per heavy atom. The van der Waals surface area contributed by atoms with Gasteiger partial charge in [0.05, 0.1) is 12.2 Å². The molecule has 3 N–H and O–H groups in total. The fourth-order valence-corrected chi connectivity index (χ4v) is 6.29. The van der Waals surface area contributed by atoms with Crippen molar-refractivity contribution in [3.63, 3.8) is 0 Å². The number of benzene rings is 2. The van der Waals surface area contributed by atoms with Gasteiger partial charge in [-0.1, -0.05) is 63.8 Å². The molecule has 11 nitrogen and oxygen atoms in total. The van der Waals surface area contributed by atoms with E-state index >= 15 is 0 Å².